The number of thiazole rings is 1. The number of hydrogen-bond donors (Lipinski definition) is 2. The molecule has 2 rings (SSSR count). The van der Waals surface area contributed by atoms with Crippen LogP contribution in [0.3, 0.4) is 0 Å². The molecule has 5 nitrogen and oxygen atoms in total. The Labute approximate surface area is 134 Å². The molecule has 1 aromatic heterocycles. The predicted octanol–water partition coefficient (Wildman–Crippen LogP) is 2.71. The standard InChI is InChI=1S/C12H13BrFN3O2S2/c1-7(12-16-2-3-20-12)6-17-21(18,19)11-4-8(13)9(14)5-10(11)15/h2-5,7,17H,6,15H2,1H3. The van der Waals surface area contributed by atoms with E-state index in [0.717, 1.165) is 17.1 Å². The number of halogens is 2. The molecule has 0 aliphatic carbocycles. The molecule has 21 heavy (non-hydrogen) atoms. The number of benzene rings is 1. The highest BCUT2D eigenvalue weighted by molar-refractivity contribution is 9.10. The lowest BCUT2D eigenvalue weighted by molar-refractivity contribution is 0.574. The van der Waals surface area contributed by atoms with Gasteiger partial charge in [0, 0.05) is 24.0 Å². The summed E-state index contributed by atoms with van der Waals surface area (Å²) in [5, 5.41) is 2.67. The third kappa shape index (κ3) is 3.79. The molecule has 0 fully saturated rings. The van der Waals surface area contributed by atoms with Crippen LogP contribution >= 0.6 is 27.3 Å². The van der Waals surface area contributed by atoms with E-state index in [1.165, 1.54) is 11.3 Å². The van der Waals surface area contributed by atoms with E-state index in [1.807, 2.05) is 12.3 Å². The molecule has 1 atom stereocenters. The molecule has 0 amide bonds. The fraction of sp³-hybridized carbons (Fsp3) is 0.250. The van der Waals surface area contributed by atoms with Crippen LogP contribution in [0.25, 0.3) is 0 Å². The summed E-state index contributed by atoms with van der Waals surface area (Å²) in [6, 6.07) is 2.13. The zero-order valence-corrected chi connectivity index (χ0v) is 14.2. The third-order valence-corrected chi connectivity index (χ3v) is 5.89. The normalized spacial score (nSPS) is 13.3. The summed E-state index contributed by atoms with van der Waals surface area (Å²) < 4.78 is 40.3. The second kappa shape index (κ2) is 6.39. The first-order valence-corrected chi connectivity index (χ1v) is 9.10. The number of rotatable bonds is 5. The zero-order chi connectivity index (χ0) is 15.6. The maximum Gasteiger partial charge on any atom is 0.242 e. The summed E-state index contributed by atoms with van der Waals surface area (Å²) in [5.41, 5.74) is 5.45. The molecule has 3 N–H and O–H groups in total. The van der Waals surface area contributed by atoms with Gasteiger partial charge in [0.15, 0.2) is 0 Å². The molecule has 2 aromatic rings. The summed E-state index contributed by atoms with van der Waals surface area (Å²) >= 11 is 4.41. The molecule has 0 saturated heterocycles. The number of hydrogen-bond acceptors (Lipinski definition) is 5. The maximum atomic E-state index is 13.3. The molecule has 114 valence electrons. The highest BCUT2D eigenvalue weighted by Gasteiger charge is 2.21. The van der Waals surface area contributed by atoms with Crippen LogP contribution in [0.2, 0.25) is 0 Å². The molecular formula is C12H13BrFN3O2S2. The van der Waals surface area contributed by atoms with Gasteiger partial charge < -0.3 is 5.73 Å². The smallest absolute Gasteiger partial charge is 0.242 e. The Hall–Kier alpha value is -1.03. The van der Waals surface area contributed by atoms with E-state index in [1.54, 1.807) is 6.20 Å². The van der Waals surface area contributed by atoms with Gasteiger partial charge in [0.1, 0.15) is 10.7 Å². The highest BCUT2D eigenvalue weighted by Crippen LogP contribution is 2.26. The van der Waals surface area contributed by atoms with Crippen molar-refractivity contribution < 1.29 is 12.8 Å². The Morgan fingerprint density at radius 2 is 2.24 bits per heavy atom. The number of sulfonamides is 1. The van der Waals surface area contributed by atoms with E-state index in [9.17, 15) is 12.8 Å². The molecule has 1 aromatic carbocycles. The molecule has 0 spiro atoms. The van der Waals surface area contributed by atoms with E-state index in [2.05, 4.69) is 25.6 Å². The third-order valence-electron chi connectivity index (χ3n) is 2.79. The zero-order valence-electron chi connectivity index (χ0n) is 11.0. The first kappa shape index (κ1) is 16.3. The van der Waals surface area contributed by atoms with Crippen LogP contribution in [0, 0.1) is 5.82 Å². The number of nitrogens with zero attached hydrogens (tertiary/aromatic N) is 1. The van der Waals surface area contributed by atoms with Crippen molar-refractivity contribution in [3.05, 3.63) is 39.0 Å². The van der Waals surface area contributed by atoms with E-state index in [0.29, 0.717) is 0 Å². The Morgan fingerprint density at radius 1 is 1.52 bits per heavy atom. The van der Waals surface area contributed by atoms with Gasteiger partial charge in [-0.25, -0.2) is 22.5 Å². The second-order valence-corrected chi connectivity index (χ2v) is 7.94. The van der Waals surface area contributed by atoms with E-state index >= 15 is 0 Å². The summed E-state index contributed by atoms with van der Waals surface area (Å²) in [4.78, 5) is 3.98. The Morgan fingerprint density at radius 3 is 2.86 bits per heavy atom. The van der Waals surface area contributed by atoms with Gasteiger partial charge in [0.25, 0.3) is 0 Å². The van der Waals surface area contributed by atoms with Crippen LogP contribution in [0.4, 0.5) is 10.1 Å². The van der Waals surface area contributed by atoms with Gasteiger partial charge >= 0.3 is 0 Å². The maximum absolute atomic E-state index is 13.3. The molecule has 0 aliphatic rings. The first-order chi connectivity index (χ1) is 9.81. The monoisotopic (exact) mass is 393 g/mol. The van der Waals surface area contributed by atoms with Gasteiger partial charge in [-0.05, 0) is 28.1 Å². The molecule has 1 unspecified atom stereocenters. The number of aromatic nitrogens is 1. The van der Waals surface area contributed by atoms with Gasteiger partial charge in [0.05, 0.1) is 15.2 Å². The topological polar surface area (TPSA) is 85.1 Å². The van der Waals surface area contributed by atoms with Crippen molar-refractivity contribution >= 4 is 43.0 Å². The number of anilines is 1. The van der Waals surface area contributed by atoms with E-state index in [-0.39, 0.29) is 27.5 Å². The molecule has 0 bridgehead atoms. The van der Waals surface area contributed by atoms with E-state index in [4.69, 9.17) is 5.73 Å². The number of nitrogens with two attached hydrogens (primary N) is 1. The summed E-state index contributed by atoms with van der Waals surface area (Å²) in [6.45, 7) is 2.05. The van der Waals surface area contributed by atoms with Gasteiger partial charge in [-0.2, -0.15) is 0 Å². The van der Waals surface area contributed by atoms with Crippen molar-refractivity contribution in [3.8, 4) is 0 Å². The van der Waals surface area contributed by atoms with Crippen molar-refractivity contribution in [1.29, 1.82) is 0 Å². The lowest BCUT2D eigenvalue weighted by atomic mass is 10.2. The summed E-state index contributed by atoms with van der Waals surface area (Å²) in [5.74, 6) is -0.674. The van der Waals surface area contributed by atoms with Gasteiger partial charge in [0.2, 0.25) is 10.0 Å². The van der Waals surface area contributed by atoms with Crippen molar-refractivity contribution in [2.45, 2.75) is 17.7 Å². The minimum absolute atomic E-state index is 0.0463. The van der Waals surface area contributed by atoms with E-state index < -0.39 is 15.8 Å². The SMILES string of the molecule is CC(CNS(=O)(=O)c1cc(Br)c(F)cc1N)c1nccs1. The highest BCUT2D eigenvalue weighted by atomic mass is 79.9. The second-order valence-electron chi connectivity index (χ2n) is 4.43. The fourth-order valence-electron chi connectivity index (χ4n) is 1.65. The Bertz CT molecular complexity index is 735. The average Bonchev–Trinajstić information content (AvgIpc) is 2.94. The lowest BCUT2D eigenvalue weighted by Gasteiger charge is -2.12. The Kier molecular flexibility index (Phi) is 4.97. The fourth-order valence-corrected chi connectivity index (χ4v) is 4.11. The molecule has 0 saturated carbocycles. The molecule has 0 radical (unpaired) electrons. The number of nitrogen functional groups attached to an aromatic ring is 1. The van der Waals surface area contributed by atoms with Crippen LogP contribution in [0.15, 0.2) is 33.1 Å². The van der Waals surface area contributed by atoms with Crippen LogP contribution in [-0.2, 0) is 10.0 Å². The van der Waals surface area contributed by atoms with Crippen LogP contribution in [-0.4, -0.2) is 19.9 Å². The average molecular weight is 394 g/mol. The van der Waals surface area contributed by atoms with Gasteiger partial charge in [-0.15, -0.1) is 11.3 Å². The molecular weight excluding hydrogens is 381 g/mol. The summed E-state index contributed by atoms with van der Waals surface area (Å²) in [7, 11) is -3.81. The van der Waals surface area contributed by atoms with Crippen molar-refractivity contribution in [2.75, 3.05) is 12.3 Å². The minimum Gasteiger partial charge on any atom is -0.398 e. The largest absolute Gasteiger partial charge is 0.398 e. The van der Waals surface area contributed by atoms with Crippen molar-refractivity contribution in [1.82, 2.24) is 9.71 Å². The lowest BCUT2D eigenvalue weighted by Crippen LogP contribution is -2.28. The van der Waals surface area contributed by atoms with Gasteiger partial charge in [-0.1, -0.05) is 6.92 Å². The first-order valence-electron chi connectivity index (χ1n) is 5.95. The Balaban J connectivity index is 2.17. The molecule has 9 heteroatoms. The van der Waals surface area contributed by atoms with Gasteiger partial charge in [-0.3, -0.25) is 0 Å². The predicted molar refractivity (Wildman–Crippen MR) is 84.2 cm³/mol. The number of nitrogens with one attached hydrogen (secondary N) is 1. The quantitative estimate of drug-likeness (QED) is 0.764. The summed E-state index contributed by atoms with van der Waals surface area (Å²) in [6.07, 6.45) is 1.67. The van der Waals surface area contributed by atoms with Crippen molar-refractivity contribution in [3.63, 3.8) is 0 Å². The minimum atomic E-state index is -3.81. The molecule has 0 aliphatic heterocycles. The van der Waals surface area contributed by atoms with Crippen LogP contribution in [0.5, 0.6) is 0 Å². The van der Waals surface area contributed by atoms with Crippen LogP contribution < -0.4 is 10.5 Å². The molecule has 1 heterocycles. The van der Waals surface area contributed by atoms with Crippen LogP contribution in [0.1, 0.15) is 17.8 Å². The van der Waals surface area contributed by atoms with Crippen molar-refractivity contribution in [2.24, 2.45) is 0 Å².